The summed E-state index contributed by atoms with van der Waals surface area (Å²) in [6, 6.07) is 7.19. The molecule has 0 unspecified atom stereocenters. The molecule has 0 saturated heterocycles. The molecule has 1 aromatic heterocycles. The fourth-order valence-electron chi connectivity index (χ4n) is 2.01. The van der Waals surface area contributed by atoms with Crippen molar-refractivity contribution in [3.63, 3.8) is 0 Å². The zero-order valence-corrected chi connectivity index (χ0v) is 11.1. The number of carbonyl (C=O) groups excluding carboxylic acids is 1. The van der Waals surface area contributed by atoms with Gasteiger partial charge in [-0.15, -0.1) is 0 Å². The Bertz CT molecular complexity index is 563. The summed E-state index contributed by atoms with van der Waals surface area (Å²) in [5.74, 6) is -0.127. The average molecular weight is 257 g/mol. The van der Waals surface area contributed by atoms with E-state index in [1.165, 1.54) is 0 Å². The minimum atomic E-state index is -0.447. The molecule has 0 aliphatic carbocycles. The Kier molecular flexibility index (Phi) is 4.47. The fraction of sp³-hybridized carbons (Fsp3) is 0.333. The van der Waals surface area contributed by atoms with Gasteiger partial charge in [-0.1, -0.05) is 31.9 Å². The number of nitrogens with zero attached hydrogens (tertiary/aromatic N) is 1. The van der Waals surface area contributed by atoms with Gasteiger partial charge >= 0.3 is 0 Å². The Labute approximate surface area is 113 Å². The second-order valence-electron chi connectivity index (χ2n) is 4.64. The van der Waals surface area contributed by atoms with Gasteiger partial charge in [0.1, 0.15) is 0 Å². The van der Waals surface area contributed by atoms with E-state index < -0.39 is 6.04 Å². The molecule has 1 atom stereocenters. The van der Waals surface area contributed by atoms with E-state index in [4.69, 9.17) is 5.73 Å². The van der Waals surface area contributed by atoms with E-state index in [2.05, 4.69) is 17.2 Å². The third kappa shape index (κ3) is 3.29. The summed E-state index contributed by atoms with van der Waals surface area (Å²) in [7, 11) is 0. The number of unbranched alkanes of at least 4 members (excludes halogenated alkanes) is 1. The lowest BCUT2D eigenvalue weighted by Gasteiger charge is -2.13. The van der Waals surface area contributed by atoms with Crippen LogP contribution in [0.15, 0.2) is 36.7 Å². The molecule has 1 aromatic carbocycles. The number of nitrogens with one attached hydrogen (secondary N) is 1. The highest BCUT2D eigenvalue weighted by molar-refractivity contribution is 6.03. The average Bonchev–Trinajstić information content (AvgIpc) is 2.45. The summed E-state index contributed by atoms with van der Waals surface area (Å²) >= 11 is 0. The van der Waals surface area contributed by atoms with Crippen molar-refractivity contribution < 1.29 is 4.79 Å². The molecule has 3 N–H and O–H groups in total. The first-order valence-electron chi connectivity index (χ1n) is 6.61. The molecule has 100 valence electrons. The van der Waals surface area contributed by atoms with Crippen molar-refractivity contribution in [3.8, 4) is 0 Å². The lowest BCUT2D eigenvalue weighted by atomic mass is 10.1. The van der Waals surface area contributed by atoms with E-state index >= 15 is 0 Å². The Morgan fingerprint density at radius 3 is 3.05 bits per heavy atom. The lowest BCUT2D eigenvalue weighted by molar-refractivity contribution is -0.117. The van der Waals surface area contributed by atoms with Crippen LogP contribution in [0.1, 0.15) is 26.2 Å². The summed E-state index contributed by atoms with van der Waals surface area (Å²) in [6.07, 6.45) is 6.22. The maximum Gasteiger partial charge on any atom is 0.241 e. The molecule has 0 saturated carbocycles. The smallest absolute Gasteiger partial charge is 0.241 e. The van der Waals surface area contributed by atoms with E-state index in [9.17, 15) is 4.79 Å². The minimum Gasteiger partial charge on any atom is -0.324 e. The van der Waals surface area contributed by atoms with Gasteiger partial charge in [0.15, 0.2) is 0 Å². The second kappa shape index (κ2) is 6.29. The SMILES string of the molecule is CCCC[C@H](N)C(=O)Nc1cccc2cnccc12. The second-order valence-corrected chi connectivity index (χ2v) is 4.64. The van der Waals surface area contributed by atoms with Crippen molar-refractivity contribution in [2.75, 3.05) is 5.32 Å². The van der Waals surface area contributed by atoms with Gasteiger partial charge in [0, 0.05) is 28.9 Å². The molecule has 0 spiro atoms. The van der Waals surface area contributed by atoms with Crippen molar-refractivity contribution in [2.24, 2.45) is 5.73 Å². The van der Waals surface area contributed by atoms with Crippen LogP contribution in [-0.4, -0.2) is 16.9 Å². The molecule has 19 heavy (non-hydrogen) atoms. The highest BCUT2D eigenvalue weighted by Crippen LogP contribution is 2.22. The molecule has 1 heterocycles. The summed E-state index contributed by atoms with van der Waals surface area (Å²) in [5.41, 5.74) is 6.66. The van der Waals surface area contributed by atoms with Gasteiger partial charge in [-0.2, -0.15) is 0 Å². The van der Waals surface area contributed by atoms with Gasteiger partial charge in [0.2, 0.25) is 5.91 Å². The number of anilines is 1. The van der Waals surface area contributed by atoms with Gasteiger partial charge in [0.05, 0.1) is 6.04 Å². The van der Waals surface area contributed by atoms with Crippen molar-refractivity contribution >= 4 is 22.4 Å². The van der Waals surface area contributed by atoms with E-state index in [0.717, 1.165) is 29.3 Å². The predicted molar refractivity (Wildman–Crippen MR) is 77.9 cm³/mol. The summed E-state index contributed by atoms with van der Waals surface area (Å²) in [5, 5.41) is 4.88. The topological polar surface area (TPSA) is 68.0 Å². The van der Waals surface area contributed by atoms with Crippen LogP contribution in [0.2, 0.25) is 0 Å². The summed E-state index contributed by atoms with van der Waals surface area (Å²) < 4.78 is 0. The van der Waals surface area contributed by atoms with Gasteiger partial charge < -0.3 is 11.1 Å². The zero-order valence-electron chi connectivity index (χ0n) is 11.1. The monoisotopic (exact) mass is 257 g/mol. The third-order valence-electron chi connectivity index (χ3n) is 3.14. The molecule has 4 heteroatoms. The quantitative estimate of drug-likeness (QED) is 0.865. The normalized spacial score (nSPS) is 12.3. The Morgan fingerprint density at radius 1 is 1.42 bits per heavy atom. The summed E-state index contributed by atoms with van der Waals surface area (Å²) in [4.78, 5) is 16.1. The predicted octanol–water partition coefficient (Wildman–Crippen LogP) is 2.69. The van der Waals surface area contributed by atoms with Crippen LogP contribution in [0.4, 0.5) is 5.69 Å². The molecule has 1 amide bonds. The molecule has 0 aliphatic rings. The third-order valence-corrected chi connectivity index (χ3v) is 3.14. The van der Waals surface area contributed by atoms with E-state index in [-0.39, 0.29) is 5.91 Å². The molecule has 2 rings (SSSR count). The van der Waals surface area contributed by atoms with Crippen molar-refractivity contribution in [1.82, 2.24) is 4.98 Å². The van der Waals surface area contributed by atoms with Gasteiger partial charge in [-0.3, -0.25) is 9.78 Å². The van der Waals surface area contributed by atoms with E-state index in [1.54, 1.807) is 12.4 Å². The maximum absolute atomic E-state index is 12.0. The Hall–Kier alpha value is -1.94. The highest BCUT2D eigenvalue weighted by Gasteiger charge is 2.13. The van der Waals surface area contributed by atoms with Gasteiger partial charge in [-0.25, -0.2) is 0 Å². The van der Waals surface area contributed by atoms with Crippen LogP contribution in [0.3, 0.4) is 0 Å². The standard InChI is InChI=1S/C15H19N3O/c1-2-3-6-13(16)15(19)18-14-7-4-5-11-10-17-9-8-12(11)14/h4-5,7-10,13H,2-3,6,16H2,1H3,(H,18,19)/t13-/m0/s1. The molecule has 0 aliphatic heterocycles. The highest BCUT2D eigenvalue weighted by atomic mass is 16.2. The van der Waals surface area contributed by atoms with Crippen molar-refractivity contribution in [1.29, 1.82) is 0 Å². The molecular weight excluding hydrogens is 238 g/mol. The zero-order chi connectivity index (χ0) is 13.7. The van der Waals surface area contributed by atoms with Crippen LogP contribution >= 0.6 is 0 Å². The molecule has 2 aromatic rings. The molecule has 4 nitrogen and oxygen atoms in total. The molecular formula is C15H19N3O. The van der Waals surface area contributed by atoms with Gasteiger partial charge in [0.25, 0.3) is 0 Å². The first kappa shape index (κ1) is 13.5. The molecule has 0 radical (unpaired) electrons. The number of pyridine rings is 1. The maximum atomic E-state index is 12.0. The van der Waals surface area contributed by atoms with Crippen LogP contribution in [0, 0.1) is 0 Å². The van der Waals surface area contributed by atoms with Crippen LogP contribution in [-0.2, 0) is 4.79 Å². The number of carbonyl (C=O) groups is 1. The van der Waals surface area contributed by atoms with E-state index in [1.807, 2.05) is 24.3 Å². The number of nitrogens with two attached hydrogens (primary N) is 1. The Balaban J connectivity index is 2.15. The van der Waals surface area contributed by atoms with Crippen LogP contribution in [0.5, 0.6) is 0 Å². The number of fused-ring (bicyclic) bond motifs is 1. The number of rotatable bonds is 5. The molecule has 0 bridgehead atoms. The van der Waals surface area contributed by atoms with Crippen molar-refractivity contribution in [3.05, 3.63) is 36.7 Å². The number of benzene rings is 1. The number of hydrogen-bond donors (Lipinski definition) is 2. The van der Waals surface area contributed by atoms with Crippen molar-refractivity contribution in [2.45, 2.75) is 32.2 Å². The minimum absolute atomic E-state index is 0.127. The van der Waals surface area contributed by atoms with Gasteiger partial charge in [-0.05, 0) is 18.6 Å². The summed E-state index contributed by atoms with van der Waals surface area (Å²) in [6.45, 7) is 2.09. The number of amides is 1. The fourth-order valence-corrected chi connectivity index (χ4v) is 2.01. The first-order valence-corrected chi connectivity index (χ1v) is 6.61. The number of hydrogen-bond acceptors (Lipinski definition) is 3. The van der Waals surface area contributed by atoms with E-state index in [0.29, 0.717) is 6.42 Å². The number of aromatic nitrogens is 1. The first-order chi connectivity index (χ1) is 9.22. The lowest BCUT2D eigenvalue weighted by Crippen LogP contribution is -2.35. The van der Waals surface area contributed by atoms with Crippen LogP contribution < -0.4 is 11.1 Å². The largest absolute Gasteiger partial charge is 0.324 e. The van der Waals surface area contributed by atoms with Crippen LogP contribution in [0.25, 0.3) is 10.8 Å². The Morgan fingerprint density at radius 2 is 2.26 bits per heavy atom. The molecule has 0 fully saturated rings.